The molecule has 0 bridgehead atoms. The van der Waals surface area contributed by atoms with E-state index in [1.54, 1.807) is 10.8 Å². The van der Waals surface area contributed by atoms with E-state index in [2.05, 4.69) is 12.2 Å². The number of likely N-dealkylation sites (tertiary alicyclic amines) is 1. The maximum absolute atomic E-state index is 12.7. The van der Waals surface area contributed by atoms with E-state index >= 15 is 0 Å². The molecule has 6 nitrogen and oxygen atoms in total. The lowest BCUT2D eigenvalue weighted by Gasteiger charge is -2.15. The number of carbonyl (C=O) groups is 3. The summed E-state index contributed by atoms with van der Waals surface area (Å²) in [5, 5.41) is 3.41. The molecule has 0 atom stereocenters. The van der Waals surface area contributed by atoms with E-state index < -0.39 is 11.7 Å². The van der Waals surface area contributed by atoms with Crippen LogP contribution in [0.25, 0.3) is 10.9 Å². The molecule has 3 rings (SSSR count). The van der Waals surface area contributed by atoms with Gasteiger partial charge in [0.1, 0.15) is 6.54 Å². The second-order valence-electron chi connectivity index (χ2n) is 7.07. The minimum absolute atomic E-state index is 0.0521. The van der Waals surface area contributed by atoms with Crippen molar-refractivity contribution in [2.45, 2.75) is 45.6 Å². The van der Waals surface area contributed by atoms with E-state index in [-0.39, 0.29) is 12.5 Å². The maximum Gasteiger partial charge on any atom is 0.292 e. The number of Topliss-reactive ketones (excluding diaryl/α,β-unsaturated/α-hetero) is 1. The summed E-state index contributed by atoms with van der Waals surface area (Å²) in [4.78, 5) is 39.3. The largest absolute Gasteiger partial charge is 0.349 e. The molecular weight excluding hydrogens is 342 g/mol. The SMILES string of the molecule is CCCCCNC(=O)C(=O)c1cn(CC(=O)N2CCCC2)c2ccccc12. The Balaban J connectivity index is 1.78. The second kappa shape index (κ2) is 8.84. The average Bonchev–Trinajstić information content (AvgIpc) is 3.33. The fraction of sp³-hybridized carbons (Fsp3) is 0.476. The number of rotatable bonds is 8. The highest BCUT2D eigenvalue weighted by Gasteiger charge is 2.23. The number of benzene rings is 1. The molecular formula is C21H27N3O3. The second-order valence-corrected chi connectivity index (χ2v) is 7.07. The van der Waals surface area contributed by atoms with Crippen LogP contribution in [0, 0.1) is 0 Å². The minimum atomic E-state index is -0.583. The zero-order valence-corrected chi connectivity index (χ0v) is 15.9. The molecule has 1 aromatic heterocycles. The number of nitrogens with zero attached hydrogens (tertiary/aromatic N) is 2. The van der Waals surface area contributed by atoms with Crippen molar-refractivity contribution < 1.29 is 14.4 Å². The Bertz CT molecular complexity index is 834. The van der Waals surface area contributed by atoms with E-state index in [1.165, 1.54) is 0 Å². The van der Waals surface area contributed by atoms with Gasteiger partial charge in [0, 0.05) is 36.7 Å². The van der Waals surface area contributed by atoms with E-state index in [1.807, 2.05) is 29.2 Å². The Morgan fingerprint density at radius 1 is 1.07 bits per heavy atom. The number of hydrogen-bond donors (Lipinski definition) is 1. The number of unbranched alkanes of at least 4 members (excludes halogenated alkanes) is 2. The van der Waals surface area contributed by atoms with Gasteiger partial charge in [-0.05, 0) is 25.3 Å². The molecule has 1 N–H and O–H groups in total. The molecule has 0 saturated carbocycles. The predicted molar refractivity (Wildman–Crippen MR) is 105 cm³/mol. The summed E-state index contributed by atoms with van der Waals surface area (Å²) in [7, 11) is 0. The number of para-hydroxylation sites is 1. The molecule has 2 heterocycles. The van der Waals surface area contributed by atoms with Gasteiger partial charge in [0.15, 0.2) is 0 Å². The number of amides is 2. The van der Waals surface area contributed by atoms with Gasteiger partial charge in [-0.1, -0.05) is 38.0 Å². The van der Waals surface area contributed by atoms with Crippen molar-refractivity contribution in [3.63, 3.8) is 0 Å². The highest BCUT2D eigenvalue weighted by Crippen LogP contribution is 2.22. The Hall–Kier alpha value is -2.63. The van der Waals surface area contributed by atoms with E-state index in [9.17, 15) is 14.4 Å². The molecule has 2 amide bonds. The van der Waals surface area contributed by atoms with Gasteiger partial charge in [0.05, 0.1) is 5.56 Å². The van der Waals surface area contributed by atoms with Gasteiger partial charge >= 0.3 is 0 Å². The van der Waals surface area contributed by atoms with E-state index in [0.717, 1.165) is 50.7 Å². The molecule has 27 heavy (non-hydrogen) atoms. The van der Waals surface area contributed by atoms with Crippen LogP contribution in [-0.4, -0.2) is 46.7 Å². The first-order valence-electron chi connectivity index (χ1n) is 9.80. The third-order valence-electron chi connectivity index (χ3n) is 5.07. The van der Waals surface area contributed by atoms with Gasteiger partial charge in [0.25, 0.3) is 11.7 Å². The quantitative estimate of drug-likeness (QED) is 0.442. The summed E-state index contributed by atoms with van der Waals surface area (Å²) in [5.74, 6) is -1.08. The number of ketones is 1. The first-order chi connectivity index (χ1) is 13.1. The lowest BCUT2D eigenvalue weighted by Crippen LogP contribution is -2.32. The Kier molecular flexibility index (Phi) is 6.27. The Morgan fingerprint density at radius 3 is 2.56 bits per heavy atom. The van der Waals surface area contributed by atoms with E-state index in [4.69, 9.17) is 0 Å². The average molecular weight is 369 g/mol. The molecule has 1 aliphatic heterocycles. The van der Waals surface area contributed by atoms with Gasteiger partial charge in [-0.3, -0.25) is 14.4 Å². The number of aromatic nitrogens is 1. The van der Waals surface area contributed by atoms with Gasteiger partial charge in [-0.25, -0.2) is 0 Å². The van der Waals surface area contributed by atoms with E-state index in [0.29, 0.717) is 17.5 Å². The number of hydrogen-bond acceptors (Lipinski definition) is 3. The smallest absolute Gasteiger partial charge is 0.292 e. The lowest BCUT2D eigenvalue weighted by molar-refractivity contribution is -0.130. The fourth-order valence-electron chi connectivity index (χ4n) is 3.55. The van der Waals surface area contributed by atoms with Crippen LogP contribution in [0.4, 0.5) is 0 Å². The zero-order chi connectivity index (χ0) is 19.2. The molecule has 2 aromatic rings. The summed E-state index contributed by atoms with van der Waals surface area (Å²) in [5.41, 5.74) is 1.15. The first kappa shape index (κ1) is 19.1. The van der Waals surface area contributed by atoms with Crippen LogP contribution < -0.4 is 5.32 Å². The normalized spacial score (nSPS) is 13.9. The first-order valence-corrected chi connectivity index (χ1v) is 9.80. The van der Waals surface area contributed by atoms with Crippen LogP contribution in [0.15, 0.2) is 30.5 Å². The van der Waals surface area contributed by atoms with Crippen molar-refractivity contribution in [3.05, 3.63) is 36.0 Å². The van der Waals surface area contributed by atoms with Gasteiger partial charge in [0.2, 0.25) is 5.91 Å². The standard InChI is InChI=1S/C21H27N3O3/c1-2-3-6-11-22-21(27)20(26)17-14-24(18-10-5-4-9-16(17)18)15-19(25)23-12-7-8-13-23/h4-5,9-10,14H,2-3,6-8,11-13,15H2,1H3,(H,22,27). The topological polar surface area (TPSA) is 71.4 Å². The summed E-state index contributed by atoms with van der Waals surface area (Å²) >= 11 is 0. The van der Waals surface area contributed by atoms with Crippen molar-refractivity contribution in [2.75, 3.05) is 19.6 Å². The molecule has 1 aliphatic rings. The van der Waals surface area contributed by atoms with Gasteiger partial charge in [-0.2, -0.15) is 0 Å². The molecule has 6 heteroatoms. The Labute approximate surface area is 159 Å². The van der Waals surface area contributed by atoms with Crippen LogP contribution in [0.2, 0.25) is 0 Å². The third kappa shape index (κ3) is 4.38. The predicted octanol–water partition coefficient (Wildman–Crippen LogP) is 2.75. The molecule has 1 aromatic carbocycles. The third-order valence-corrected chi connectivity index (χ3v) is 5.07. The van der Waals surface area contributed by atoms with Crippen LogP contribution in [-0.2, 0) is 16.1 Å². The highest BCUT2D eigenvalue weighted by molar-refractivity contribution is 6.45. The van der Waals surface area contributed by atoms with Crippen molar-refractivity contribution in [2.24, 2.45) is 0 Å². The van der Waals surface area contributed by atoms with Crippen molar-refractivity contribution in [1.29, 1.82) is 0 Å². The van der Waals surface area contributed by atoms with Crippen molar-refractivity contribution in [3.8, 4) is 0 Å². The van der Waals surface area contributed by atoms with Crippen molar-refractivity contribution >= 4 is 28.5 Å². The maximum atomic E-state index is 12.7. The number of fused-ring (bicyclic) bond motifs is 1. The molecule has 1 fully saturated rings. The monoisotopic (exact) mass is 369 g/mol. The van der Waals surface area contributed by atoms with Crippen LogP contribution >= 0.6 is 0 Å². The lowest BCUT2D eigenvalue weighted by atomic mass is 10.1. The molecule has 1 saturated heterocycles. The summed E-state index contributed by atoms with van der Waals surface area (Å²) in [6.07, 6.45) is 6.67. The molecule has 144 valence electrons. The molecule has 0 spiro atoms. The van der Waals surface area contributed by atoms with Crippen LogP contribution in [0.5, 0.6) is 0 Å². The number of nitrogens with one attached hydrogen (secondary N) is 1. The summed E-state index contributed by atoms with van der Waals surface area (Å²) in [6.45, 7) is 4.37. The minimum Gasteiger partial charge on any atom is -0.349 e. The fourth-order valence-corrected chi connectivity index (χ4v) is 3.55. The van der Waals surface area contributed by atoms with Gasteiger partial charge < -0.3 is 14.8 Å². The highest BCUT2D eigenvalue weighted by atomic mass is 16.2. The Morgan fingerprint density at radius 2 is 1.81 bits per heavy atom. The van der Waals surface area contributed by atoms with Crippen LogP contribution in [0.3, 0.4) is 0 Å². The van der Waals surface area contributed by atoms with Crippen molar-refractivity contribution in [1.82, 2.24) is 14.8 Å². The summed E-state index contributed by atoms with van der Waals surface area (Å²) < 4.78 is 1.79. The molecule has 0 radical (unpaired) electrons. The molecule has 0 aliphatic carbocycles. The van der Waals surface area contributed by atoms with Crippen LogP contribution in [0.1, 0.15) is 49.4 Å². The summed E-state index contributed by atoms with van der Waals surface area (Å²) in [6, 6.07) is 7.41. The molecule has 0 unspecified atom stereocenters. The zero-order valence-electron chi connectivity index (χ0n) is 15.9. The van der Waals surface area contributed by atoms with Gasteiger partial charge in [-0.15, -0.1) is 0 Å². The number of carbonyl (C=O) groups excluding carboxylic acids is 3.